The average Bonchev–Trinajstić information content (AvgIpc) is 2.50. The number of aromatic nitrogens is 1. The molecular formula is C17H17F2NO2. The Bertz CT molecular complexity index is 661. The minimum atomic E-state index is -1.33. The summed E-state index contributed by atoms with van der Waals surface area (Å²) in [6.45, 7) is 3.39. The molecule has 2 rings (SSSR count). The standard InChI is InChI=1S/C17H17F2NO2/c1-3-22-16(21)17(2,10-12-5-4-8-20-11-12)14-9-13(18)6-7-15(14)19/h4-9,11H,3,10H2,1-2H3. The van der Waals surface area contributed by atoms with Gasteiger partial charge in [0.2, 0.25) is 0 Å². The largest absolute Gasteiger partial charge is 0.465 e. The Labute approximate surface area is 128 Å². The van der Waals surface area contributed by atoms with Gasteiger partial charge < -0.3 is 4.74 Å². The third-order valence-corrected chi connectivity index (χ3v) is 3.53. The number of halogens is 2. The summed E-state index contributed by atoms with van der Waals surface area (Å²) in [5.74, 6) is -1.83. The molecule has 5 heteroatoms. The Morgan fingerprint density at radius 1 is 1.32 bits per heavy atom. The highest BCUT2D eigenvalue weighted by Crippen LogP contribution is 2.32. The molecule has 0 N–H and O–H groups in total. The van der Waals surface area contributed by atoms with E-state index >= 15 is 0 Å². The van der Waals surface area contributed by atoms with Gasteiger partial charge in [0.1, 0.15) is 11.6 Å². The maximum atomic E-state index is 14.2. The van der Waals surface area contributed by atoms with Crippen molar-refractivity contribution in [3.8, 4) is 0 Å². The van der Waals surface area contributed by atoms with Gasteiger partial charge in [-0.15, -0.1) is 0 Å². The molecule has 0 saturated heterocycles. The number of benzene rings is 1. The smallest absolute Gasteiger partial charge is 0.316 e. The van der Waals surface area contributed by atoms with Crippen LogP contribution in [0.4, 0.5) is 8.78 Å². The molecule has 0 spiro atoms. The highest BCUT2D eigenvalue weighted by molar-refractivity contribution is 5.83. The monoisotopic (exact) mass is 305 g/mol. The van der Waals surface area contributed by atoms with Crippen molar-refractivity contribution in [3.05, 3.63) is 65.5 Å². The second kappa shape index (κ2) is 6.64. The van der Waals surface area contributed by atoms with Crippen LogP contribution in [-0.4, -0.2) is 17.6 Å². The number of carbonyl (C=O) groups excluding carboxylic acids is 1. The molecule has 1 aromatic carbocycles. The van der Waals surface area contributed by atoms with Crippen molar-refractivity contribution in [2.24, 2.45) is 0 Å². The van der Waals surface area contributed by atoms with Gasteiger partial charge in [0.15, 0.2) is 0 Å². The van der Waals surface area contributed by atoms with Crippen LogP contribution in [0.15, 0.2) is 42.7 Å². The second-order valence-electron chi connectivity index (χ2n) is 5.21. The molecule has 116 valence electrons. The van der Waals surface area contributed by atoms with E-state index in [4.69, 9.17) is 4.74 Å². The van der Waals surface area contributed by atoms with Crippen molar-refractivity contribution in [2.75, 3.05) is 6.61 Å². The van der Waals surface area contributed by atoms with Crippen LogP contribution in [0.25, 0.3) is 0 Å². The molecule has 0 aliphatic carbocycles. The topological polar surface area (TPSA) is 39.2 Å². The fourth-order valence-corrected chi connectivity index (χ4v) is 2.40. The number of ether oxygens (including phenoxy) is 1. The predicted octanol–water partition coefficient (Wildman–Crippen LogP) is 3.42. The van der Waals surface area contributed by atoms with Crippen molar-refractivity contribution in [1.82, 2.24) is 4.98 Å². The molecule has 3 nitrogen and oxygen atoms in total. The SMILES string of the molecule is CCOC(=O)C(C)(Cc1cccnc1)c1cc(F)ccc1F. The van der Waals surface area contributed by atoms with Gasteiger partial charge in [-0.25, -0.2) is 8.78 Å². The first-order valence-electron chi connectivity index (χ1n) is 6.99. The summed E-state index contributed by atoms with van der Waals surface area (Å²) in [6.07, 6.45) is 3.36. The lowest BCUT2D eigenvalue weighted by molar-refractivity contribution is -0.149. The van der Waals surface area contributed by atoms with E-state index in [-0.39, 0.29) is 18.6 Å². The molecule has 0 amide bonds. The van der Waals surface area contributed by atoms with E-state index in [1.54, 1.807) is 38.4 Å². The van der Waals surface area contributed by atoms with Crippen LogP contribution >= 0.6 is 0 Å². The number of nitrogens with zero attached hydrogens (tertiary/aromatic N) is 1. The number of rotatable bonds is 5. The summed E-state index contributed by atoms with van der Waals surface area (Å²) < 4.78 is 32.8. The van der Waals surface area contributed by atoms with Gasteiger partial charge in [-0.1, -0.05) is 6.07 Å². The average molecular weight is 305 g/mol. The molecule has 0 aliphatic heterocycles. The number of carbonyl (C=O) groups is 1. The van der Waals surface area contributed by atoms with E-state index in [1.807, 2.05) is 0 Å². The van der Waals surface area contributed by atoms with Crippen LogP contribution in [0.1, 0.15) is 25.0 Å². The first-order valence-corrected chi connectivity index (χ1v) is 6.99. The lowest BCUT2D eigenvalue weighted by Crippen LogP contribution is -2.37. The maximum absolute atomic E-state index is 14.2. The third kappa shape index (κ3) is 3.30. The minimum Gasteiger partial charge on any atom is -0.465 e. The number of hydrogen-bond donors (Lipinski definition) is 0. The van der Waals surface area contributed by atoms with Crippen LogP contribution < -0.4 is 0 Å². The van der Waals surface area contributed by atoms with E-state index in [0.29, 0.717) is 0 Å². The van der Waals surface area contributed by atoms with Gasteiger partial charge in [-0.2, -0.15) is 0 Å². The first-order chi connectivity index (χ1) is 10.5. The zero-order valence-corrected chi connectivity index (χ0v) is 12.5. The molecule has 1 atom stereocenters. The zero-order chi connectivity index (χ0) is 16.2. The highest BCUT2D eigenvalue weighted by Gasteiger charge is 2.39. The van der Waals surface area contributed by atoms with Crippen LogP contribution in [0.2, 0.25) is 0 Å². The Morgan fingerprint density at radius 2 is 2.09 bits per heavy atom. The number of pyridine rings is 1. The predicted molar refractivity (Wildman–Crippen MR) is 78.3 cm³/mol. The highest BCUT2D eigenvalue weighted by atomic mass is 19.1. The van der Waals surface area contributed by atoms with Crippen molar-refractivity contribution < 1.29 is 18.3 Å². The molecule has 1 aromatic heterocycles. The fourth-order valence-electron chi connectivity index (χ4n) is 2.40. The number of hydrogen-bond acceptors (Lipinski definition) is 3. The molecule has 0 saturated carbocycles. The van der Waals surface area contributed by atoms with Gasteiger partial charge in [-0.3, -0.25) is 9.78 Å². The van der Waals surface area contributed by atoms with E-state index in [9.17, 15) is 13.6 Å². The summed E-state index contributed by atoms with van der Waals surface area (Å²) >= 11 is 0. The normalized spacial score (nSPS) is 13.5. The van der Waals surface area contributed by atoms with Gasteiger partial charge in [-0.05, 0) is 50.1 Å². The zero-order valence-electron chi connectivity index (χ0n) is 12.5. The van der Waals surface area contributed by atoms with E-state index in [0.717, 1.165) is 23.8 Å². The minimum absolute atomic E-state index is 0.0187. The molecule has 1 heterocycles. The Hall–Kier alpha value is -2.30. The molecule has 0 radical (unpaired) electrons. The first kappa shape index (κ1) is 16.1. The molecule has 1 unspecified atom stereocenters. The van der Waals surface area contributed by atoms with Crippen molar-refractivity contribution in [1.29, 1.82) is 0 Å². The summed E-state index contributed by atoms with van der Waals surface area (Å²) in [5.41, 5.74) is -0.609. The lowest BCUT2D eigenvalue weighted by atomic mass is 9.77. The molecule has 2 aromatic rings. The van der Waals surface area contributed by atoms with E-state index in [2.05, 4.69) is 4.98 Å². The van der Waals surface area contributed by atoms with Crippen molar-refractivity contribution in [3.63, 3.8) is 0 Å². The van der Waals surface area contributed by atoms with Gasteiger partial charge in [0.05, 0.1) is 12.0 Å². The Morgan fingerprint density at radius 3 is 2.73 bits per heavy atom. The fraction of sp³-hybridized carbons (Fsp3) is 0.294. The molecular weight excluding hydrogens is 288 g/mol. The molecule has 22 heavy (non-hydrogen) atoms. The summed E-state index contributed by atoms with van der Waals surface area (Å²) in [4.78, 5) is 16.4. The maximum Gasteiger partial charge on any atom is 0.316 e. The second-order valence-corrected chi connectivity index (χ2v) is 5.21. The molecule has 0 fully saturated rings. The van der Waals surface area contributed by atoms with Crippen LogP contribution in [0.5, 0.6) is 0 Å². The van der Waals surface area contributed by atoms with Crippen LogP contribution in [0, 0.1) is 11.6 Å². The summed E-state index contributed by atoms with van der Waals surface area (Å²) in [5, 5.41) is 0. The quantitative estimate of drug-likeness (QED) is 0.795. The van der Waals surface area contributed by atoms with Crippen molar-refractivity contribution >= 4 is 5.97 Å². The molecule has 0 aliphatic rings. The summed E-state index contributed by atoms with van der Waals surface area (Å²) in [6, 6.07) is 6.59. The van der Waals surface area contributed by atoms with E-state index < -0.39 is 23.0 Å². The Balaban J connectivity index is 2.50. The summed E-state index contributed by atoms with van der Waals surface area (Å²) in [7, 11) is 0. The lowest BCUT2D eigenvalue weighted by Gasteiger charge is -2.28. The van der Waals surface area contributed by atoms with Crippen molar-refractivity contribution in [2.45, 2.75) is 25.7 Å². The number of esters is 1. The van der Waals surface area contributed by atoms with Crippen LogP contribution in [-0.2, 0) is 21.4 Å². The molecule has 0 bridgehead atoms. The van der Waals surface area contributed by atoms with Gasteiger partial charge >= 0.3 is 5.97 Å². The third-order valence-electron chi connectivity index (χ3n) is 3.53. The van der Waals surface area contributed by atoms with Gasteiger partial charge in [0, 0.05) is 18.0 Å². The Kier molecular flexibility index (Phi) is 4.85. The van der Waals surface area contributed by atoms with E-state index in [1.165, 1.54) is 0 Å². The van der Waals surface area contributed by atoms with Crippen LogP contribution in [0.3, 0.4) is 0 Å². The van der Waals surface area contributed by atoms with Gasteiger partial charge in [0.25, 0.3) is 0 Å².